The molecule has 0 aliphatic rings. The van der Waals surface area contributed by atoms with E-state index in [0.717, 1.165) is 5.56 Å². The van der Waals surface area contributed by atoms with Gasteiger partial charge in [0.2, 0.25) is 0 Å². The normalized spacial score (nSPS) is 10.4. The van der Waals surface area contributed by atoms with E-state index in [2.05, 4.69) is 15.8 Å². The predicted molar refractivity (Wildman–Crippen MR) is 126 cm³/mol. The minimum absolute atomic E-state index is 0.230. The summed E-state index contributed by atoms with van der Waals surface area (Å²) in [5.41, 5.74) is 4.29. The molecule has 9 nitrogen and oxygen atoms in total. The number of amides is 2. The lowest BCUT2D eigenvalue weighted by Gasteiger charge is -2.11. The van der Waals surface area contributed by atoms with Gasteiger partial charge in [-0.15, -0.1) is 0 Å². The van der Waals surface area contributed by atoms with Crippen LogP contribution in [0.3, 0.4) is 0 Å². The van der Waals surface area contributed by atoms with Gasteiger partial charge in [0.05, 0.1) is 31.7 Å². The van der Waals surface area contributed by atoms with Gasteiger partial charge < -0.3 is 19.5 Å². The van der Waals surface area contributed by atoms with E-state index in [1.807, 2.05) is 19.1 Å². The number of rotatable bonds is 7. The number of hydrazone groups is 1. The van der Waals surface area contributed by atoms with Crippen molar-refractivity contribution in [1.29, 1.82) is 0 Å². The zero-order valence-electron chi connectivity index (χ0n) is 18.8. The number of nitrogens with zero attached hydrogens (tertiary/aromatic N) is 1. The lowest BCUT2D eigenvalue weighted by molar-refractivity contribution is -0.136. The van der Waals surface area contributed by atoms with Crippen molar-refractivity contribution in [2.24, 2.45) is 5.10 Å². The summed E-state index contributed by atoms with van der Waals surface area (Å²) >= 11 is 0. The van der Waals surface area contributed by atoms with Crippen LogP contribution in [0.15, 0.2) is 71.8 Å². The van der Waals surface area contributed by atoms with Gasteiger partial charge in [0.25, 0.3) is 0 Å². The number of ether oxygens (including phenoxy) is 3. The Labute approximate surface area is 196 Å². The molecule has 2 amide bonds. The number of esters is 1. The molecule has 174 valence electrons. The SMILES string of the molecule is COc1ccccc1NC(=O)C(=O)N/N=C/c1ccc(OC(=O)c2ccccc2C)c(OC)c1. The number of carbonyl (C=O) groups excluding carboxylic acids is 3. The van der Waals surface area contributed by atoms with Crippen LogP contribution in [0, 0.1) is 6.92 Å². The van der Waals surface area contributed by atoms with Gasteiger partial charge in [0.1, 0.15) is 5.75 Å². The van der Waals surface area contributed by atoms with Gasteiger partial charge in [0.15, 0.2) is 11.5 Å². The number of hydrogen-bond donors (Lipinski definition) is 2. The molecule has 0 saturated heterocycles. The maximum atomic E-state index is 12.5. The van der Waals surface area contributed by atoms with Gasteiger partial charge in [-0.3, -0.25) is 9.59 Å². The zero-order chi connectivity index (χ0) is 24.5. The van der Waals surface area contributed by atoms with E-state index in [9.17, 15) is 14.4 Å². The van der Waals surface area contributed by atoms with E-state index < -0.39 is 17.8 Å². The molecule has 0 saturated carbocycles. The third-order valence-corrected chi connectivity index (χ3v) is 4.70. The molecule has 0 atom stereocenters. The number of benzene rings is 3. The minimum Gasteiger partial charge on any atom is -0.495 e. The summed E-state index contributed by atoms with van der Waals surface area (Å²) in [7, 11) is 2.89. The van der Waals surface area contributed by atoms with Gasteiger partial charge in [-0.1, -0.05) is 30.3 Å². The van der Waals surface area contributed by atoms with E-state index in [1.54, 1.807) is 54.6 Å². The fourth-order valence-corrected chi connectivity index (χ4v) is 2.95. The maximum absolute atomic E-state index is 12.5. The van der Waals surface area contributed by atoms with Crippen molar-refractivity contribution in [3.63, 3.8) is 0 Å². The highest BCUT2D eigenvalue weighted by Crippen LogP contribution is 2.28. The second-order valence-electron chi connectivity index (χ2n) is 6.97. The quantitative estimate of drug-likeness (QED) is 0.183. The van der Waals surface area contributed by atoms with Crippen LogP contribution in [0.25, 0.3) is 0 Å². The lowest BCUT2D eigenvalue weighted by Crippen LogP contribution is -2.32. The average molecular weight is 461 g/mol. The molecular weight excluding hydrogens is 438 g/mol. The van der Waals surface area contributed by atoms with Gasteiger partial charge in [-0.05, 0) is 54.4 Å². The van der Waals surface area contributed by atoms with Crippen molar-refractivity contribution < 1.29 is 28.6 Å². The molecule has 0 fully saturated rings. The van der Waals surface area contributed by atoms with Crippen LogP contribution in [0.4, 0.5) is 5.69 Å². The van der Waals surface area contributed by atoms with Crippen LogP contribution >= 0.6 is 0 Å². The molecule has 3 aromatic carbocycles. The van der Waals surface area contributed by atoms with Gasteiger partial charge in [-0.25, -0.2) is 10.2 Å². The Morgan fingerprint density at radius 1 is 0.824 bits per heavy atom. The minimum atomic E-state index is -0.960. The van der Waals surface area contributed by atoms with Crippen LogP contribution in [-0.4, -0.2) is 38.2 Å². The Balaban J connectivity index is 1.62. The Kier molecular flexibility index (Phi) is 7.96. The van der Waals surface area contributed by atoms with Crippen molar-refractivity contribution in [2.75, 3.05) is 19.5 Å². The fraction of sp³-hybridized carbons (Fsp3) is 0.120. The molecule has 9 heteroatoms. The molecule has 0 radical (unpaired) electrons. The summed E-state index contributed by atoms with van der Waals surface area (Å²) in [5, 5.41) is 6.24. The number of nitrogens with one attached hydrogen (secondary N) is 2. The first-order valence-corrected chi connectivity index (χ1v) is 10.2. The smallest absolute Gasteiger partial charge is 0.343 e. The van der Waals surface area contributed by atoms with Gasteiger partial charge >= 0.3 is 17.8 Å². The van der Waals surface area contributed by atoms with Crippen molar-refractivity contribution >= 4 is 29.7 Å². The molecule has 3 rings (SSSR count). The van der Waals surface area contributed by atoms with Gasteiger partial charge in [-0.2, -0.15) is 5.10 Å². The molecule has 0 aliphatic carbocycles. The average Bonchev–Trinajstić information content (AvgIpc) is 2.85. The standard InChI is InChI=1S/C25H23N3O6/c1-16-8-4-5-9-18(16)25(31)34-21-13-12-17(14-22(21)33-3)15-26-28-24(30)23(29)27-19-10-6-7-11-20(19)32-2/h4-15H,1-3H3,(H,27,29)(H,28,30)/b26-15+. The monoisotopic (exact) mass is 461 g/mol. The molecule has 0 aliphatic heterocycles. The second kappa shape index (κ2) is 11.3. The van der Waals surface area contributed by atoms with Crippen LogP contribution in [-0.2, 0) is 9.59 Å². The van der Waals surface area contributed by atoms with E-state index in [0.29, 0.717) is 28.3 Å². The largest absolute Gasteiger partial charge is 0.495 e. The van der Waals surface area contributed by atoms with Crippen molar-refractivity contribution in [1.82, 2.24) is 5.43 Å². The van der Waals surface area contributed by atoms with E-state index in [1.165, 1.54) is 20.4 Å². The summed E-state index contributed by atoms with van der Waals surface area (Å²) in [6.07, 6.45) is 1.32. The molecule has 0 unspecified atom stereocenters. The summed E-state index contributed by atoms with van der Waals surface area (Å²) < 4.78 is 15.9. The lowest BCUT2D eigenvalue weighted by atomic mass is 10.1. The fourth-order valence-electron chi connectivity index (χ4n) is 2.95. The summed E-state index contributed by atoms with van der Waals surface area (Å²) in [6, 6.07) is 18.5. The summed E-state index contributed by atoms with van der Waals surface area (Å²) in [4.78, 5) is 36.6. The summed E-state index contributed by atoms with van der Waals surface area (Å²) in [6.45, 7) is 1.82. The van der Waals surface area contributed by atoms with Crippen molar-refractivity contribution in [3.8, 4) is 17.2 Å². The number of anilines is 1. The molecule has 3 aromatic rings. The number of para-hydroxylation sites is 2. The van der Waals surface area contributed by atoms with E-state index >= 15 is 0 Å². The van der Waals surface area contributed by atoms with Crippen LogP contribution < -0.4 is 25.0 Å². The highest BCUT2D eigenvalue weighted by Gasteiger charge is 2.16. The first-order valence-electron chi connectivity index (χ1n) is 10.2. The van der Waals surface area contributed by atoms with E-state index in [-0.39, 0.29) is 5.75 Å². The predicted octanol–water partition coefficient (Wildman–Crippen LogP) is 3.32. The highest BCUT2D eigenvalue weighted by atomic mass is 16.6. The van der Waals surface area contributed by atoms with Crippen molar-refractivity contribution in [3.05, 3.63) is 83.4 Å². The number of hydrogen-bond acceptors (Lipinski definition) is 7. The topological polar surface area (TPSA) is 115 Å². The Morgan fingerprint density at radius 3 is 2.26 bits per heavy atom. The first-order chi connectivity index (χ1) is 16.4. The Morgan fingerprint density at radius 2 is 1.53 bits per heavy atom. The first kappa shape index (κ1) is 24.0. The van der Waals surface area contributed by atoms with E-state index in [4.69, 9.17) is 14.2 Å². The van der Waals surface area contributed by atoms with Gasteiger partial charge in [0, 0.05) is 0 Å². The molecular formula is C25H23N3O6. The number of aryl methyl sites for hydroxylation is 1. The molecule has 0 aromatic heterocycles. The molecule has 34 heavy (non-hydrogen) atoms. The third-order valence-electron chi connectivity index (χ3n) is 4.70. The summed E-state index contributed by atoms with van der Waals surface area (Å²) in [5.74, 6) is -1.43. The molecule has 2 N–H and O–H groups in total. The molecule has 0 bridgehead atoms. The maximum Gasteiger partial charge on any atom is 0.343 e. The van der Waals surface area contributed by atoms with Crippen LogP contribution in [0.1, 0.15) is 21.5 Å². The Hall–Kier alpha value is -4.66. The molecule has 0 heterocycles. The number of methoxy groups -OCH3 is 2. The molecule has 0 spiro atoms. The van der Waals surface area contributed by atoms with Crippen LogP contribution in [0.5, 0.6) is 17.2 Å². The Bertz CT molecular complexity index is 1240. The van der Waals surface area contributed by atoms with Crippen molar-refractivity contribution in [2.45, 2.75) is 6.92 Å². The number of carbonyl (C=O) groups is 3. The zero-order valence-corrected chi connectivity index (χ0v) is 18.8. The second-order valence-corrected chi connectivity index (χ2v) is 6.97. The third kappa shape index (κ3) is 5.98. The van der Waals surface area contributed by atoms with Crippen LogP contribution in [0.2, 0.25) is 0 Å². The highest BCUT2D eigenvalue weighted by molar-refractivity contribution is 6.39.